The number of fused-ring (bicyclic) bond motifs is 2. The van der Waals surface area contributed by atoms with E-state index in [1.54, 1.807) is 19.1 Å². The van der Waals surface area contributed by atoms with Gasteiger partial charge in [0.15, 0.2) is 0 Å². The van der Waals surface area contributed by atoms with Gasteiger partial charge in [-0.3, -0.25) is 4.79 Å². The maximum atomic E-state index is 13.1. The van der Waals surface area contributed by atoms with E-state index in [1.165, 1.54) is 28.5 Å². The van der Waals surface area contributed by atoms with Crippen LogP contribution in [0.4, 0.5) is 5.69 Å². The van der Waals surface area contributed by atoms with E-state index in [9.17, 15) is 15.0 Å². The summed E-state index contributed by atoms with van der Waals surface area (Å²) < 4.78 is 1.06. The topological polar surface area (TPSA) is 81.8 Å². The largest absolute Gasteiger partial charge is 0.540 e. The molecule has 32 heavy (non-hydrogen) atoms. The second-order valence-electron chi connectivity index (χ2n) is 6.56. The lowest BCUT2D eigenvalue weighted by atomic mass is 10.2. The lowest BCUT2D eigenvalue weighted by molar-refractivity contribution is -0.114. The fourth-order valence-corrected chi connectivity index (χ4v) is 8.52. The van der Waals surface area contributed by atoms with Crippen LogP contribution in [0.3, 0.4) is 0 Å². The molecule has 7 nitrogen and oxygen atoms in total. The smallest absolute Gasteiger partial charge is 0.505 e. The molecule has 0 spiro atoms. The first kappa shape index (κ1) is 20.9. The number of carbonyl (C=O) groups excluding carboxylic acids is 1. The highest BCUT2D eigenvalue weighted by Gasteiger charge is 2.40. The minimum Gasteiger partial charge on any atom is -0.505 e. The quantitative estimate of drug-likeness (QED) is 0.282. The molecule has 0 fully saturated rings. The zero-order chi connectivity index (χ0) is 22.6. The number of aromatic hydroxyl groups is 2. The highest BCUT2D eigenvalue weighted by atomic mass is 32.2. The third-order valence-electron chi connectivity index (χ3n) is 4.67. The van der Waals surface area contributed by atoms with E-state index in [0.717, 1.165) is 23.5 Å². The lowest BCUT2D eigenvalue weighted by Gasteiger charge is -2.11. The highest BCUT2D eigenvalue weighted by Crippen LogP contribution is 2.68. The SMILES string of the molecule is [C-]#[N+]C([N+]#[C-])=C1Sc2c(O)c3c(c(O)c2S1)SC(=C1C(=O)N(c2ccccc2)N=C1C)S3. The molecule has 3 aliphatic rings. The first-order valence-corrected chi connectivity index (χ1v) is 12.2. The molecule has 3 aliphatic heterocycles. The summed E-state index contributed by atoms with van der Waals surface area (Å²) in [5.74, 6) is -0.413. The van der Waals surface area contributed by atoms with Gasteiger partial charge in [0.1, 0.15) is 28.9 Å². The fourth-order valence-electron chi connectivity index (χ4n) is 3.22. The van der Waals surface area contributed by atoms with Crippen LogP contribution in [0.25, 0.3) is 9.69 Å². The van der Waals surface area contributed by atoms with Gasteiger partial charge in [0.05, 0.1) is 40.8 Å². The molecule has 0 aromatic heterocycles. The van der Waals surface area contributed by atoms with Crippen LogP contribution in [-0.4, -0.2) is 21.8 Å². The van der Waals surface area contributed by atoms with Crippen molar-refractivity contribution in [1.82, 2.24) is 0 Å². The number of hydrazone groups is 1. The predicted molar refractivity (Wildman–Crippen MR) is 127 cm³/mol. The first-order valence-electron chi connectivity index (χ1n) is 8.96. The van der Waals surface area contributed by atoms with Gasteiger partial charge in [-0.2, -0.15) is 19.8 Å². The van der Waals surface area contributed by atoms with Crippen LogP contribution in [0.2, 0.25) is 0 Å². The van der Waals surface area contributed by atoms with E-state index in [-0.39, 0.29) is 23.2 Å². The van der Waals surface area contributed by atoms with E-state index in [1.807, 2.05) is 18.2 Å². The van der Waals surface area contributed by atoms with E-state index >= 15 is 0 Å². The lowest BCUT2D eigenvalue weighted by Crippen LogP contribution is -2.21. The van der Waals surface area contributed by atoms with Crippen molar-refractivity contribution in [2.75, 3.05) is 5.01 Å². The molecule has 11 heteroatoms. The molecule has 0 saturated heterocycles. The predicted octanol–water partition coefficient (Wildman–Crippen LogP) is 6.09. The van der Waals surface area contributed by atoms with Crippen molar-refractivity contribution in [1.29, 1.82) is 0 Å². The Hall–Kier alpha value is -2.96. The van der Waals surface area contributed by atoms with Crippen molar-refractivity contribution < 1.29 is 15.0 Å². The minimum absolute atomic E-state index is 0.0253. The summed E-state index contributed by atoms with van der Waals surface area (Å²) in [5, 5.41) is 27.6. The zero-order valence-corrected chi connectivity index (χ0v) is 19.4. The van der Waals surface area contributed by atoms with Crippen molar-refractivity contribution in [3.05, 3.63) is 73.0 Å². The Morgan fingerprint density at radius 2 is 1.47 bits per heavy atom. The zero-order valence-electron chi connectivity index (χ0n) is 16.1. The Balaban J connectivity index is 1.54. The van der Waals surface area contributed by atoms with Gasteiger partial charge in [-0.15, -0.1) is 0 Å². The number of nitrogens with zero attached hydrogens (tertiary/aromatic N) is 4. The van der Waals surface area contributed by atoms with Gasteiger partial charge in [-0.05, 0) is 19.1 Å². The number of thioether (sulfide) groups is 4. The number of hydrogen-bond acceptors (Lipinski definition) is 8. The summed E-state index contributed by atoms with van der Waals surface area (Å²) in [6.07, 6.45) is 0. The van der Waals surface area contributed by atoms with E-state index in [2.05, 4.69) is 14.8 Å². The molecule has 1 amide bonds. The molecule has 0 unspecified atom stereocenters. The Bertz CT molecular complexity index is 1340. The molecule has 156 valence electrons. The normalized spacial score (nSPS) is 16.6. The number of hydrogen-bond donors (Lipinski definition) is 2. The van der Waals surface area contributed by atoms with Crippen LogP contribution < -0.4 is 5.01 Å². The van der Waals surface area contributed by atoms with Crippen molar-refractivity contribution in [2.24, 2.45) is 5.10 Å². The van der Waals surface area contributed by atoms with Gasteiger partial charge in [-0.25, -0.2) is 0 Å². The van der Waals surface area contributed by atoms with Crippen LogP contribution in [0.5, 0.6) is 11.5 Å². The average molecular weight is 495 g/mol. The van der Waals surface area contributed by atoms with Crippen molar-refractivity contribution in [3.8, 4) is 11.5 Å². The molecule has 3 heterocycles. The summed E-state index contributed by atoms with van der Waals surface area (Å²) in [5.41, 5.74) is 1.65. The number of benzene rings is 2. The molecule has 0 aliphatic carbocycles. The number of phenols is 2. The van der Waals surface area contributed by atoms with Gasteiger partial charge in [0.25, 0.3) is 5.91 Å². The molecule has 0 radical (unpaired) electrons. The Kier molecular flexibility index (Phi) is 5.14. The second-order valence-corrected chi connectivity index (χ2v) is 11.2. The van der Waals surface area contributed by atoms with Crippen LogP contribution in [-0.2, 0) is 4.79 Å². The Morgan fingerprint density at radius 1 is 0.938 bits per heavy atom. The van der Waals surface area contributed by atoms with Crippen molar-refractivity contribution >= 4 is 64.4 Å². The summed E-state index contributed by atoms with van der Waals surface area (Å²) >= 11 is 4.62. The Morgan fingerprint density at radius 3 is 2.00 bits per heavy atom. The summed E-state index contributed by atoms with van der Waals surface area (Å²) in [6, 6.07) is 9.12. The molecule has 2 aromatic carbocycles. The molecule has 5 rings (SSSR count). The number of anilines is 1. The summed E-state index contributed by atoms with van der Waals surface area (Å²) in [6.45, 7) is 16.1. The molecule has 0 bridgehead atoms. The number of para-hydroxylation sites is 1. The molecular weight excluding hydrogens is 485 g/mol. The minimum atomic E-state index is -0.268. The maximum absolute atomic E-state index is 13.1. The van der Waals surface area contributed by atoms with Gasteiger partial charge < -0.3 is 10.2 Å². The number of amides is 1. The summed E-state index contributed by atoms with van der Waals surface area (Å²) in [7, 11) is 0. The first-order chi connectivity index (χ1) is 15.4. The van der Waals surface area contributed by atoms with E-state index in [0.29, 0.717) is 45.0 Å². The van der Waals surface area contributed by atoms with Crippen molar-refractivity contribution in [2.45, 2.75) is 26.5 Å². The van der Waals surface area contributed by atoms with Gasteiger partial charge in [0.2, 0.25) is 0 Å². The van der Waals surface area contributed by atoms with E-state index < -0.39 is 0 Å². The third kappa shape index (κ3) is 3.09. The monoisotopic (exact) mass is 494 g/mol. The van der Waals surface area contributed by atoms with Gasteiger partial charge in [-0.1, -0.05) is 65.2 Å². The average Bonchev–Trinajstić information content (AvgIpc) is 3.50. The molecule has 0 atom stereocenters. The number of phenolic OH excluding ortho intramolecular Hbond substituents is 2. The number of rotatable bonds is 1. The molecule has 0 saturated carbocycles. The van der Waals surface area contributed by atoms with Crippen LogP contribution in [0.15, 0.2) is 74.9 Å². The van der Waals surface area contributed by atoms with Gasteiger partial charge >= 0.3 is 5.82 Å². The van der Waals surface area contributed by atoms with Crippen LogP contribution >= 0.6 is 47.0 Å². The summed E-state index contributed by atoms with van der Waals surface area (Å²) in [4.78, 5) is 21.3. The molecular formula is C21H10N4O3S4. The molecule has 2 N–H and O–H groups in total. The fraction of sp³-hybridized carbons (Fsp3) is 0.0476. The molecule has 2 aromatic rings. The van der Waals surface area contributed by atoms with Gasteiger partial charge in [0, 0.05) is 0 Å². The van der Waals surface area contributed by atoms with Crippen LogP contribution in [0.1, 0.15) is 6.92 Å². The van der Waals surface area contributed by atoms with Crippen molar-refractivity contribution in [3.63, 3.8) is 0 Å². The second kappa shape index (κ2) is 7.87. The standard InChI is InChI=1S/C21H10N4O3S4/c1-9-11(19(28)25(24-9)10-7-5-4-6-8-10)20-29-14-12(26)16-17(13(27)15(14)30-20)32-21(31-16)18(22-2)23-3/h4-8,26-27H,1H3. The Labute approximate surface area is 199 Å². The highest BCUT2D eigenvalue weighted by molar-refractivity contribution is 8.26. The maximum Gasteiger partial charge on any atom is 0.540 e. The van der Waals surface area contributed by atoms with E-state index in [4.69, 9.17) is 13.1 Å². The van der Waals surface area contributed by atoms with Crippen LogP contribution in [0, 0.1) is 13.1 Å². The number of carbonyl (C=O) groups is 1. The third-order valence-corrected chi connectivity index (χ3v) is 9.85.